The SMILES string of the molecule is CC(C)c1ccc(/C=C(\C#N)C(=O)OCC(=O)NC(C)(C)C)cc1. The summed E-state index contributed by atoms with van der Waals surface area (Å²) < 4.78 is 4.90. The van der Waals surface area contributed by atoms with E-state index in [1.54, 1.807) is 0 Å². The molecule has 0 saturated heterocycles. The molecule has 0 saturated carbocycles. The maximum Gasteiger partial charge on any atom is 0.349 e. The van der Waals surface area contributed by atoms with Gasteiger partial charge in [-0.2, -0.15) is 5.26 Å². The van der Waals surface area contributed by atoms with Gasteiger partial charge in [-0.1, -0.05) is 38.1 Å². The Bertz CT molecular complexity index is 659. The van der Waals surface area contributed by atoms with Crippen molar-refractivity contribution in [1.82, 2.24) is 5.32 Å². The van der Waals surface area contributed by atoms with Crippen LogP contribution in [0.5, 0.6) is 0 Å². The number of rotatable bonds is 5. The van der Waals surface area contributed by atoms with Crippen LogP contribution < -0.4 is 5.32 Å². The molecule has 1 amide bonds. The molecule has 1 aromatic rings. The summed E-state index contributed by atoms with van der Waals surface area (Å²) in [7, 11) is 0. The maximum absolute atomic E-state index is 11.9. The number of carbonyl (C=O) groups is 2. The first-order valence-corrected chi connectivity index (χ1v) is 7.82. The van der Waals surface area contributed by atoms with E-state index in [2.05, 4.69) is 19.2 Å². The highest BCUT2D eigenvalue weighted by Crippen LogP contribution is 2.16. The maximum atomic E-state index is 11.9. The first-order valence-electron chi connectivity index (χ1n) is 7.82. The van der Waals surface area contributed by atoms with Gasteiger partial charge in [0.15, 0.2) is 6.61 Å². The van der Waals surface area contributed by atoms with E-state index < -0.39 is 24.0 Å². The number of nitriles is 1. The van der Waals surface area contributed by atoms with Crippen molar-refractivity contribution in [2.45, 2.75) is 46.1 Å². The summed E-state index contributed by atoms with van der Waals surface area (Å²) in [5.41, 5.74) is 1.35. The van der Waals surface area contributed by atoms with Crippen molar-refractivity contribution in [3.63, 3.8) is 0 Å². The number of benzene rings is 1. The summed E-state index contributed by atoms with van der Waals surface area (Å²) in [5, 5.41) is 11.8. The fraction of sp³-hybridized carbons (Fsp3) is 0.421. The van der Waals surface area contributed by atoms with Crippen LogP contribution in [0.15, 0.2) is 29.8 Å². The lowest BCUT2D eigenvalue weighted by molar-refractivity contribution is -0.144. The van der Waals surface area contributed by atoms with Crippen LogP contribution in [-0.2, 0) is 14.3 Å². The molecule has 0 radical (unpaired) electrons. The highest BCUT2D eigenvalue weighted by Gasteiger charge is 2.17. The topological polar surface area (TPSA) is 79.2 Å². The molecular weight excluding hydrogens is 304 g/mol. The second-order valence-corrected chi connectivity index (χ2v) is 6.87. The Kier molecular flexibility index (Phi) is 6.72. The summed E-state index contributed by atoms with van der Waals surface area (Å²) in [5.74, 6) is -0.811. The van der Waals surface area contributed by atoms with Crippen LogP contribution in [0, 0.1) is 11.3 Å². The molecule has 5 heteroatoms. The van der Waals surface area contributed by atoms with E-state index in [9.17, 15) is 9.59 Å². The van der Waals surface area contributed by atoms with Crippen LogP contribution in [0.3, 0.4) is 0 Å². The van der Waals surface area contributed by atoms with Gasteiger partial charge in [0.25, 0.3) is 5.91 Å². The summed E-state index contributed by atoms with van der Waals surface area (Å²) in [6.45, 7) is 9.25. The molecule has 0 bridgehead atoms. The Balaban J connectivity index is 2.73. The van der Waals surface area contributed by atoms with Crippen molar-refractivity contribution in [2.75, 3.05) is 6.61 Å². The molecule has 24 heavy (non-hydrogen) atoms. The molecule has 1 rings (SSSR count). The Morgan fingerprint density at radius 1 is 1.25 bits per heavy atom. The number of nitrogens with one attached hydrogen (secondary N) is 1. The van der Waals surface area contributed by atoms with Gasteiger partial charge < -0.3 is 10.1 Å². The number of carbonyl (C=O) groups excluding carboxylic acids is 2. The van der Waals surface area contributed by atoms with Gasteiger partial charge in [0, 0.05) is 5.54 Å². The zero-order valence-electron chi connectivity index (χ0n) is 14.8. The summed E-state index contributed by atoms with van der Waals surface area (Å²) in [6, 6.07) is 9.40. The van der Waals surface area contributed by atoms with Crippen LogP contribution in [0.2, 0.25) is 0 Å². The van der Waals surface area contributed by atoms with Gasteiger partial charge in [-0.15, -0.1) is 0 Å². The molecule has 0 unspecified atom stereocenters. The van der Waals surface area contributed by atoms with Crippen molar-refractivity contribution in [3.8, 4) is 6.07 Å². The molecule has 128 valence electrons. The van der Waals surface area contributed by atoms with Crippen LogP contribution in [0.4, 0.5) is 0 Å². The predicted octanol–water partition coefficient (Wildman–Crippen LogP) is 3.17. The summed E-state index contributed by atoms with van der Waals surface area (Å²) in [4.78, 5) is 23.6. The molecule has 0 aliphatic heterocycles. The molecule has 0 spiro atoms. The molecule has 5 nitrogen and oxygen atoms in total. The fourth-order valence-corrected chi connectivity index (χ4v) is 1.94. The molecule has 0 fully saturated rings. The zero-order valence-corrected chi connectivity index (χ0v) is 14.8. The highest BCUT2D eigenvalue weighted by molar-refractivity contribution is 5.98. The van der Waals surface area contributed by atoms with E-state index in [0.29, 0.717) is 5.92 Å². The van der Waals surface area contributed by atoms with Gasteiger partial charge in [0.2, 0.25) is 0 Å². The van der Waals surface area contributed by atoms with E-state index in [-0.39, 0.29) is 5.57 Å². The van der Waals surface area contributed by atoms with Gasteiger partial charge in [-0.25, -0.2) is 4.79 Å². The van der Waals surface area contributed by atoms with E-state index in [1.807, 2.05) is 51.1 Å². The van der Waals surface area contributed by atoms with Gasteiger partial charge in [-0.3, -0.25) is 4.79 Å². The van der Waals surface area contributed by atoms with Crippen LogP contribution in [0.1, 0.15) is 51.7 Å². The van der Waals surface area contributed by atoms with Gasteiger partial charge >= 0.3 is 5.97 Å². The monoisotopic (exact) mass is 328 g/mol. The van der Waals surface area contributed by atoms with Crippen molar-refractivity contribution >= 4 is 18.0 Å². The number of esters is 1. The minimum atomic E-state index is -0.811. The van der Waals surface area contributed by atoms with Crippen LogP contribution in [-0.4, -0.2) is 24.0 Å². The van der Waals surface area contributed by atoms with Crippen molar-refractivity contribution in [2.24, 2.45) is 0 Å². The molecule has 0 aromatic heterocycles. The normalized spacial score (nSPS) is 11.8. The number of hydrogen-bond acceptors (Lipinski definition) is 4. The van der Waals surface area contributed by atoms with E-state index in [0.717, 1.165) is 5.56 Å². The second kappa shape index (κ2) is 8.30. The summed E-state index contributed by atoms with van der Waals surface area (Å²) in [6.07, 6.45) is 1.45. The number of hydrogen-bond donors (Lipinski definition) is 1. The average molecular weight is 328 g/mol. The van der Waals surface area contributed by atoms with Crippen molar-refractivity contribution in [3.05, 3.63) is 41.0 Å². The average Bonchev–Trinajstić information content (AvgIpc) is 2.49. The van der Waals surface area contributed by atoms with Gasteiger partial charge in [-0.05, 0) is 43.9 Å². The first kappa shape index (κ1) is 19.4. The molecule has 1 N–H and O–H groups in total. The predicted molar refractivity (Wildman–Crippen MR) is 93.0 cm³/mol. The largest absolute Gasteiger partial charge is 0.451 e. The lowest BCUT2D eigenvalue weighted by Gasteiger charge is -2.20. The Labute approximate surface area is 143 Å². The fourth-order valence-electron chi connectivity index (χ4n) is 1.94. The van der Waals surface area contributed by atoms with Gasteiger partial charge in [0.05, 0.1) is 0 Å². The van der Waals surface area contributed by atoms with Crippen LogP contribution in [0.25, 0.3) is 6.08 Å². The smallest absolute Gasteiger partial charge is 0.349 e. The van der Waals surface area contributed by atoms with E-state index >= 15 is 0 Å². The van der Waals surface area contributed by atoms with E-state index in [4.69, 9.17) is 10.00 Å². The minimum Gasteiger partial charge on any atom is -0.451 e. The third kappa shape index (κ3) is 6.66. The summed E-state index contributed by atoms with van der Waals surface area (Å²) >= 11 is 0. The van der Waals surface area contributed by atoms with E-state index in [1.165, 1.54) is 11.6 Å². The molecule has 0 atom stereocenters. The molecule has 0 aliphatic rings. The second-order valence-electron chi connectivity index (χ2n) is 6.87. The minimum absolute atomic E-state index is 0.143. The number of ether oxygens (including phenoxy) is 1. The lowest BCUT2D eigenvalue weighted by atomic mass is 10.0. The third-order valence-corrected chi connectivity index (χ3v) is 3.10. The Morgan fingerprint density at radius 3 is 2.29 bits per heavy atom. The molecule has 0 aliphatic carbocycles. The number of amides is 1. The lowest BCUT2D eigenvalue weighted by Crippen LogP contribution is -2.42. The first-order chi connectivity index (χ1) is 11.1. The molecular formula is C19H24N2O3. The highest BCUT2D eigenvalue weighted by atomic mass is 16.5. The standard InChI is InChI=1S/C19H24N2O3/c1-13(2)15-8-6-14(7-9-15)10-16(11-20)18(23)24-12-17(22)21-19(3,4)5/h6-10,13H,12H2,1-5H3,(H,21,22)/b16-10+. The Morgan fingerprint density at radius 2 is 1.83 bits per heavy atom. The molecule has 1 aromatic carbocycles. The quantitative estimate of drug-likeness (QED) is 0.511. The third-order valence-electron chi connectivity index (χ3n) is 3.10. The van der Waals surface area contributed by atoms with Crippen LogP contribution >= 0.6 is 0 Å². The van der Waals surface area contributed by atoms with Crippen molar-refractivity contribution in [1.29, 1.82) is 5.26 Å². The van der Waals surface area contributed by atoms with Crippen molar-refractivity contribution < 1.29 is 14.3 Å². The Hall–Kier alpha value is -2.61. The zero-order chi connectivity index (χ0) is 18.3. The molecule has 0 heterocycles. The number of nitrogens with zero attached hydrogens (tertiary/aromatic N) is 1. The van der Waals surface area contributed by atoms with Gasteiger partial charge in [0.1, 0.15) is 11.6 Å².